The molecular formula is C11H9Cl3N4. The molecule has 0 saturated heterocycles. The van der Waals surface area contributed by atoms with Gasteiger partial charge in [0.25, 0.3) is 0 Å². The van der Waals surface area contributed by atoms with E-state index in [0.717, 1.165) is 10.9 Å². The Morgan fingerprint density at radius 3 is 2.56 bits per heavy atom. The molecule has 0 radical (unpaired) electrons. The molecule has 0 bridgehead atoms. The number of rotatable bonds is 1. The molecule has 0 fully saturated rings. The second-order valence-electron chi connectivity index (χ2n) is 3.57. The van der Waals surface area contributed by atoms with Crippen molar-refractivity contribution in [1.29, 1.82) is 0 Å². The number of anilines is 1. The lowest BCUT2D eigenvalue weighted by atomic mass is 10.2. The fourth-order valence-corrected chi connectivity index (χ4v) is 1.56. The quantitative estimate of drug-likeness (QED) is 0.482. The van der Waals surface area contributed by atoms with Crippen molar-refractivity contribution in [2.45, 2.75) is 3.79 Å². The maximum Gasteiger partial charge on any atom is 0.247 e. The van der Waals surface area contributed by atoms with Crippen LogP contribution in [0.5, 0.6) is 0 Å². The molecule has 0 spiro atoms. The van der Waals surface area contributed by atoms with Gasteiger partial charge in [0.05, 0.1) is 17.4 Å². The molecule has 0 saturated carbocycles. The van der Waals surface area contributed by atoms with Crippen LogP contribution >= 0.6 is 34.8 Å². The zero-order chi connectivity index (χ0) is 13.3. The summed E-state index contributed by atoms with van der Waals surface area (Å²) >= 11 is 16.9. The van der Waals surface area contributed by atoms with Gasteiger partial charge in [0, 0.05) is 5.39 Å². The first-order chi connectivity index (χ1) is 8.39. The number of para-hydroxylation sites is 1. The molecule has 18 heavy (non-hydrogen) atoms. The molecule has 0 unspecified atom stereocenters. The predicted octanol–water partition coefficient (Wildman–Crippen LogP) is 3.18. The summed E-state index contributed by atoms with van der Waals surface area (Å²) in [7, 11) is 0. The molecule has 0 atom stereocenters. The van der Waals surface area contributed by atoms with Crippen molar-refractivity contribution >= 4 is 62.9 Å². The number of alkyl halides is 3. The Hall–Kier alpha value is -1.23. The number of aromatic nitrogens is 1. The minimum atomic E-state index is -1.77. The zero-order valence-corrected chi connectivity index (χ0v) is 11.3. The van der Waals surface area contributed by atoms with Gasteiger partial charge in [-0.15, -0.1) is 0 Å². The first-order valence-corrected chi connectivity index (χ1v) is 6.07. The summed E-state index contributed by atoms with van der Waals surface area (Å²) in [5.74, 6) is -0.156. The molecule has 1 aromatic heterocycles. The highest BCUT2D eigenvalue weighted by molar-refractivity contribution is 6.76. The minimum Gasteiger partial charge on any atom is -0.396 e. The predicted molar refractivity (Wildman–Crippen MR) is 77.7 cm³/mol. The van der Waals surface area contributed by atoms with E-state index in [1.165, 1.54) is 6.20 Å². The van der Waals surface area contributed by atoms with Crippen molar-refractivity contribution in [2.24, 2.45) is 10.7 Å². The number of pyridine rings is 1. The highest BCUT2D eigenvalue weighted by Crippen LogP contribution is 2.32. The third kappa shape index (κ3) is 2.61. The smallest absolute Gasteiger partial charge is 0.247 e. The largest absolute Gasteiger partial charge is 0.396 e. The molecule has 1 heterocycles. The van der Waals surface area contributed by atoms with Gasteiger partial charge in [-0.1, -0.05) is 53.0 Å². The van der Waals surface area contributed by atoms with E-state index in [1.54, 1.807) is 0 Å². The number of nitrogens with two attached hydrogens (primary N) is 2. The van der Waals surface area contributed by atoms with E-state index in [4.69, 9.17) is 46.3 Å². The maximum absolute atomic E-state index is 5.98. The van der Waals surface area contributed by atoms with Gasteiger partial charge >= 0.3 is 0 Å². The first kappa shape index (κ1) is 13.2. The van der Waals surface area contributed by atoms with Crippen LogP contribution in [0.4, 0.5) is 11.4 Å². The van der Waals surface area contributed by atoms with Crippen LogP contribution in [0, 0.1) is 0 Å². The summed E-state index contributed by atoms with van der Waals surface area (Å²) in [5, 5.41) is 0.774. The summed E-state index contributed by atoms with van der Waals surface area (Å²) in [6, 6.07) is 7.40. The normalized spacial score (nSPS) is 12.9. The highest BCUT2D eigenvalue weighted by atomic mass is 35.6. The number of aliphatic imine (C=N–C) groups is 1. The molecule has 0 aliphatic rings. The van der Waals surface area contributed by atoms with Crippen molar-refractivity contribution in [2.75, 3.05) is 5.73 Å². The number of benzene rings is 1. The van der Waals surface area contributed by atoms with E-state index in [1.807, 2.05) is 24.3 Å². The Balaban J connectivity index is 2.57. The van der Waals surface area contributed by atoms with Crippen LogP contribution in [0.15, 0.2) is 35.5 Å². The Morgan fingerprint density at radius 2 is 1.89 bits per heavy atom. The SMILES string of the molecule is NC(=Nc1cnc2ccccc2c1N)C(Cl)(Cl)Cl. The summed E-state index contributed by atoms with van der Waals surface area (Å²) in [6.45, 7) is 0. The van der Waals surface area contributed by atoms with E-state index in [9.17, 15) is 0 Å². The summed E-state index contributed by atoms with van der Waals surface area (Å²) in [5.41, 5.74) is 13.1. The van der Waals surface area contributed by atoms with Crippen LogP contribution in [0.2, 0.25) is 0 Å². The van der Waals surface area contributed by atoms with Gasteiger partial charge in [0.1, 0.15) is 5.69 Å². The topological polar surface area (TPSA) is 77.3 Å². The minimum absolute atomic E-state index is 0.156. The van der Waals surface area contributed by atoms with Crippen molar-refractivity contribution in [3.05, 3.63) is 30.5 Å². The molecule has 0 aliphatic heterocycles. The average molecular weight is 304 g/mol. The number of nitrogen functional groups attached to an aromatic ring is 1. The average Bonchev–Trinajstić information content (AvgIpc) is 2.32. The van der Waals surface area contributed by atoms with E-state index in [2.05, 4.69) is 9.98 Å². The molecule has 0 amide bonds. The lowest BCUT2D eigenvalue weighted by Crippen LogP contribution is -2.27. The van der Waals surface area contributed by atoms with Gasteiger partial charge in [0.2, 0.25) is 3.79 Å². The van der Waals surface area contributed by atoms with Gasteiger partial charge in [-0.2, -0.15) is 0 Å². The Morgan fingerprint density at radius 1 is 1.22 bits per heavy atom. The van der Waals surface area contributed by atoms with Crippen LogP contribution in [-0.4, -0.2) is 14.6 Å². The molecule has 94 valence electrons. The van der Waals surface area contributed by atoms with Gasteiger partial charge in [-0.25, -0.2) is 4.99 Å². The van der Waals surface area contributed by atoms with Crippen LogP contribution in [0.3, 0.4) is 0 Å². The van der Waals surface area contributed by atoms with Crippen molar-refractivity contribution in [3.8, 4) is 0 Å². The van der Waals surface area contributed by atoms with Gasteiger partial charge in [-0.3, -0.25) is 4.98 Å². The number of hydrogen-bond donors (Lipinski definition) is 2. The Bertz CT molecular complexity index is 619. The number of halogens is 3. The second-order valence-corrected chi connectivity index (χ2v) is 5.85. The fourth-order valence-electron chi connectivity index (χ4n) is 1.43. The van der Waals surface area contributed by atoms with E-state index >= 15 is 0 Å². The zero-order valence-electron chi connectivity index (χ0n) is 9.07. The van der Waals surface area contributed by atoms with E-state index in [0.29, 0.717) is 11.4 Å². The van der Waals surface area contributed by atoms with Crippen LogP contribution < -0.4 is 11.5 Å². The second kappa shape index (κ2) is 4.80. The number of amidine groups is 1. The highest BCUT2D eigenvalue weighted by Gasteiger charge is 2.25. The lowest BCUT2D eigenvalue weighted by Gasteiger charge is -2.11. The molecule has 0 aliphatic carbocycles. The van der Waals surface area contributed by atoms with Gasteiger partial charge < -0.3 is 11.5 Å². The fraction of sp³-hybridized carbons (Fsp3) is 0.0909. The van der Waals surface area contributed by atoms with E-state index in [-0.39, 0.29) is 5.84 Å². The summed E-state index contributed by atoms with van der Waals surface area (Å²) < 4.78 is -1.77. The third-order valence-corrected chi connectivity index (χ3v) is 2.91. The summed E-state index contributed by atoms with van der Waals surface area (Å²) in [6.07, 6.45) is 1.49. The molecule has 7 heteroatoms. The molecule has 1 aromatic carbocycles. The standard InChI is InChI=1S/C11H9Cl3N4/c12-11(13,14)10(16)18-8-5-17-7-4-2-1-3-6(7)9(8)15/h1-5H,(H2,15,17)(H2,16,18). The molecule has 2 rings (SSSR count). The molecule has 4 N–H and O–H groups in total. The maximum atomic E-state index is 5.98. The van der Waals surface area contributed by atoms with Crippen LogP contribution in [0.25, 0.3) is 10.9 Å². The van der Waals surface area contributed by atoms with Crippen LogP contribution in [0.1, 0.15) is 0 Å². The van der Waals surface area contributed by atoms with Gasteiger partial charge in [0.15, 0.2) is 5.84 Å². The number of nitrogens with zero attached hydrogens (tertiary/aromatic N) is 2. The Labute approximate surface area is 119 Å². The molecule has 2 aromatic rings. The van der Waals surface area contributed by atoms with E-state index < -0.39 is 3.79 Å². The first-order valence-electron chi connectivity index (χ1n) is 4.94. The Kier molecular flexibility index (Phi) is 3.52. The van der Waals surface area contributed by atoms with Gasteiger partial charge in [-0.05, 0) is 6.07 Å². The van der Waals surface area contributed by atoms with Crippen molar-refractivity contribution in [3.63, 3.8) is 0 Å². The molecule has 4 nitrogen and oxygen atoms in total. The number of fused-ring (bicyclic) bond motifs is 1. The van der Waals surface area contributed by atoms with Crippen molar-refractivity contribution < 1.29 is 0 Å². The molecular weight excluding hydrogens is 295 g/mol. The summed E-state index contributed by atoms with van der Waals surface area (Å²) in [4.78, 5) is 8.20. The third-order valence-electron chi connectivity index (χ3n) is 2.33. The number of hydrogen-bond acceptors (Lipinski definition) is 3. The van der Waals surface area contributed by atoms with Crippen molar-refractivity contribution in [1.82, 2.24) is 4.98 Å². The van der Waals surface area contributed by atoms with Crippen LogP contribution in [-0.2, 0) is 0 Å². The monoisotopic (exact) mass is 302 g/mol. The lowest BCUT2D eigenvalue weighted by molar-refractivity contribution is 1.33.